The minimum atomic E-state index is -1.05. The Labute approximate surface area is 144 Å². The smallest absolute Gasteiger partial charge is 0.305 e. The number of nitrogens with zero attached hydrogens (tertiary/aromatic N) is 2. The van der Waals surface area contributed by atoms with Crippen LogP contribution < -0.4 is 15.6 Å². The first-order valence-corrected chi connectivity index (χ1v) is 7.69. The highest BCUT2D eigenvalue weighted by atomic mass is 16.5. The summed E-state index contributed by atoms with van der Waals surface area (Å²) in [7, 11) is 1.53. The van der Waals surface area contributed by atoms with Crippen LogP contribution in [-0.4, -0.2) is 33.9 Å². The molecule has 2 rings (SSSR count). The minimum absolute atomic E-state index is 0.0466. The molecule has 8 heteroatoms. The average Bonchev–Trinajstić information content (AvgIpc) is 2.61. The number of aliphatic carboxylic acids is 1. The maximum atomic E-state index is 12.4. The van der Waals surface area contributed by atoms with Crippen LogP contribution in [0.4, 0.5) is 0 Å². The first-order chi connectivity index (χ1) is 11.9. The summed E-state index contributed by atoms with van der Waals surface area (Å²) in [4.78, 5) is 35.1. The fourth-order valence-corrected chi connectivity index (χ4v) is 2.29. The van der Waals surface area contributed by atoms with Gasteiger partial charge in [-0.1, -0.05) is 12.1 Å². The lowest BCUT2D eigenvalue weighted by molar-refractivity contribution is -0.137. The first-order valence-electron chi connectivity index (χ1n) is 7.69. The molecular weight excluding hydrogens is 326 g/mol. The van der Waals surface area contributed by atoms with Gasteiger partial charge in [-0.3, -0.25) is 14.4 Å². The van der Waals surface area contributed by atoms with Gasteiger partial charge in [-0.05, 0) is 30.7 Å². The van der Waals surface area contributed by atoms with Crippen molar-refractivity contribution in [3.05, 3.63) is 58.0 Å². The number of rotatable bonds is 7. The number of carboxylic acid groups (broad SMARTS) is 1. The Morgan fingerprint density at radius 2 is 1.92 bits per heavy atom. The third-order valence-corrected chi connectivity index (χ3v) is 3.60. The number of benzene rings is 1. The van der Waals surface area contributed by atoms with Crippen LogP contribution in [0.15, 0.2) is 41.2 Å². The van der Waals surface area contributed by atoms with Gasteiger partial charge in [-0.2, -0.15) is 5.10 Å². The largest absolute Gasteiger partial charge is 0.497 e. The molecule has 2 aromatic rings. The molecule has 0 fully saturated rings. The number of aromatic nitrogens is 2. The molecule has 0 unspecified atom stereocenters. The third kappa shape index (κ3) is 4.66. The Morgan fingerprint density at radius 1 is 1.24 bits per heavy atom. The molecule has 1 aromatic carbocycles. The molecule has 2 N–H and O–H groups in total. The summed E-state index contributed by atoms with van der Waals surface area (Å²) in [5.74, 6) is -0.974. The van der Waals surface area contributed by atoms with Gasteiger partial charge >= 0.3 is 5.97 Å². The predicted molar refractivity (Wildman–Crippen MR) is 89.6 cm³/mol. The van der Waals surface area contributed by atoms with E-state index < -0.39 is 17.9 Å². The summed E-state index contributed by atoms with van der Waals surface area (Å²) in [6.07, 6.45) is -0.286. The van der Waals surface area contributed by atoms with Crippen LogP contribution in [0.2, 0.25) is 0 Å². The van der Waals surface area contributed by atoms with E-state index in [1.807, 2.05) is 0 Å². The molecule has 8 nitrogen and oxygen atoms in total. The van der Waals surface area contributed by atoms with Crippen molar-refractivity contribution >= 4 is 11.9 Å². The number of amides is 1. The van der Waals surface area contributed by atoms with Gasteiger partial charge in [0.1, 0.15) is 11.4 Å². The van der Waals surface area contributed by atoms with Crippen molar-refractivity contribution in [3.63, 3.8) is 0 Å². The van der Waals surface area contributed by atoms with Gasteiger partial charge in [0.25, 0.3) is 11.5 Å². The standard InChI is InChI=1S/C17H19N3O5/c1-3-20-15(21)9-8-13(19-20)17(24)18-14(10-16(22)23)11-4-6-12(25-2)7-5-11/h4-9,14H,3,10H2,1-2H3,(H,18,24)(H,22,23)/t14-/m1/s1. The summed E-state index contributed by atoms with van der Waals surface area (Å²) in [6.45, 7) is 2.07. The van der Waals surface area contributed by atoms with E-state index in [0.717, 1.165) is 4.68 Å². The van der Waals surface area contributed by atoms with Gasteiger partial charge in [-0.25, -0.2) is 4.68 Å². The maximum Gasteiger partial charge on any atom is 0.305 e. The number of nitrogens with one attached hydrogen (secondary N) is 1. The molecule has 1 aromatic heterocycles. The molecule has 0 aliphatic heterocycles. The fraction of sp³-hybridized carbons (Fsp3) is 0.294. The molecule has 0 spiro atoms. The van der Waals surface area contributed by atoms with E-state index in [1.165, 1.54) is 19.2 Å². The SMILES string of the molecule is CCn1nc(C(=O)N[C@H](CC(=O)O)c2ccc(OC)cc2)ccc1=O. The Morgan fingerprint density at radius 3 is 2.48 bits per heavy atom. The van der Waals surface area contributed by atoms with Crippen LogP contribution in [0, 0.1) is 0 Å². The van der Waals surface area contributed by atoms with Crippen molar-refractivity contribution in [1.29, 1.82) is 0 Å². The lowest BCUT2D eigenvalue weighted by Crippen LogP contribution is -2.33. The summed E-state index contributed by atoms with van der Waals surface area (Å²) >= 11 is 0. The summed E-state index contributed by atoms with van der Waals surface area (Å²) in [5, 5.41) is 15.7. The highest BCUT2D eigenvalue weighted by Gasteiger charge is 2.20. The molecule has 25 heavy (non-hydrogen) atoms. The van der Waals surface area contributed by atoms with E-state index in [0.29, 0.717) is 17.9 Å². The molecule has 0 radical (unpaired) electrons. The van der Waals surface area contributed by atoms with Crippen LogP contribution in [0.1, 0.15) is 35.4 Å². The second-order valence-electron chi connectivity index (χ2n) is 5.27. The molecule has 0 aliphatic carbocycles. The van der Waals surface area contributed by atoms with Crippen LogP contribution in [0.5, 0.6) is 5.75 Å². The van der Waals surface area contributed by atoms with Crippen molar-refractivity contribution < 1.29 is 19.4 Å². The number of carboxylic acids is 1. The van der Waals surface area contributed by atoms with Crippen molar-refractivity contribution in [2.24, 2.45) is 0 Å². The topological polar surface area (TPSA) is 111 Å². The van der Waals surface area contributed by atoms with Gasteiger partial charge in [-0.15, -0.1) is 0 Å². The lowest BCUT2D eigenvalue weighted by atomic mass is 10.0. The quantitative estimate of drug-likeness (QED) is 0.780. The van der Waals surface area contributed by atoms with Gasteiger partial charge in [0.15, 0.2) is 0 Å². The van der Waals surface area contributed by atoms with E-state index in [9.17, 15) is 14.4 Å². The van der Waals surface area contributed by atoms with Gasteiger partial charge in [0.05, 0.1) is 19.6 Å². The normalized spacial score (nSPS) is 11.6. The number of aryl methyl sites for hydroxylation is 1. The molecular formula is C17H19N3O5. The number of ether oxygens (including phenoxy) is 1. The Bertz CT molecular complexity index is 814. The van der Waals surface area contributed by atoms with E-state index in [-0.39, 0.29) is 17.7 Å². The maximum absolute atomic E-state index is 12.4. The number of hydrogen-bond donors (Lipinski definition) is 2. The molecule has 0 saturated carbocycles. The Hall–Kier alpha value is -3.16. The summed E-state index contributed by atoms with van der Waals surface area (Å²) in [5.41, 5.74) is 0.363. The lowest BCUT2D eigenvalue weighted by Gasteiger charge is -2.17. The molecule has 0 aliphatic rings. The average molecular weight is 345 g/mol. The van der Waals surface area contributed by atoms with E-state index in [2.05, 4.69) is 10.4 Å². The van der Waals surface area contributed by atoms with Crippen molar-refractivity contribution in [3.8, 4) is 5.75 Å². The Kier molecular flexibility index (Phi) is 5.89. The first kappa shape index (κ1) is 18.2. The van der Waals surface area contributed by atoms with E-state index >= 15 is 0 Å². The van der Waals surface area contributed by atoms with E-state index in [1.54, 1.807) is 31.2 Å². The molecule has 1 atom stereocenters. The second-order valence-corrected chi connectivity index (χ2v) is 5.27. The highest BCUT2D eigenvalue weighted by molar-refractivity contribution is 5.92. The predicted octanol–water partition coefficient (Wildman–Crippen LogP) is 1.22. The Balaban J connectivity index is 2.25. The highest BCUT2D eigenvalue weighted by Crippen LogP contribution is 2.20. The van der Waals surface area contributed by atoms with Crippen LogP contribution in [0.25, 0.3) is 0 Å². The number of hydrogen-bond acceptors (Lipinski definition) is 5. The third-order valence-electron chi connectivity index (χ3n) is 3.60. The monoisotopic (exact) mass is 345 g/mol. The molecule has 0 bridgehead atoms. The molecule has 1 amide bonds. The molecule has 1 heterocycles. The second kappa shape index (κ2) is 8.09. The zero-order chi connectivity index (χ0) is 18.4. The van der Waals surface area contributed by atoms with Crippen molar-refractivity contribution in [2.45, 2.75) is 25.9 Å². The van der Waals surface area contributed by atoms with Gasteiger partial charge < -0.3 is 15.2 Å². The van der Waals surface area contributed by atoms with Crippen LogP contribution >= 0.6 is 0 Å². The fourth-order valence-electron chi connectivity index (χ4n) is 2.29. The van der Waals surface area contributed by atoms with Crippen molar-refractivity contribution in [1.82, 2.24) is 15.1 Å². The van der Waals surface area contributed by atoms with Gasteiger partial charge in [0, 0.05) is 12.6 Å². The molecule has 132 valence electrons. The van der Waals surface area contributed by atoms with Gasteiger partial charge in [0.2, 0.25) is 0 Å². The summed E-state index contributed by atoms with van der Waals surface area (Å²) < 4.78 is 6.23. The van der Waals surface area contributed by atoms with Crippen molar-refractivity contribution in [2.75, 3.05) is 7.11 Å². The summed E-state index contributed by atoms with van der Waals surface area (Å²) in [6, 6.07) is 8.58. The van der Waals surface area contributed by atoms with Crippen LogP contribution in [0.3, 0.4) is 0 Å². The zero-order valence-corrected chi connectivity index (χ0v) is 13.9. The number of carbonyl (C=O) groups excluding carboxylic acids is 1. The number of carbonyl (C=O) groups is 2. The molecule has 0 saturated heterocycles. The minimum Gasteiger partial charge on any atom is -0.497 e. The zero-order valence-electron chi connectivity index (χ0n) is 13.9. The van der Waals surface area contributed by atoms with E-state index in [4.69, 9.17) is 9.84 Å². The van der Waals surface area contributed by atoms with Crippen LogP contribution in [-0.2, 0) is 11.3 Å². The number of methoxy groups -OCH3 is 1.